The van der Waals surface area contributed by atoms with E-state index in [4.69, 9.17) is 4.74 Å². The van der Waals surface area contributed by atoms with Crippen molar-refractivity contribution in [1.82, 2.24) is 0 Å². The molecule has 0 saturated carbocycles. The van der Waals surface area contributed by atoms with Crippen molar-refractivity contribution in [2.45, 2.75) is 18.9 Å². The smallest absolute Gasteiger partial charge is 0.145 e. The van der Waals surface area contributed by atoms with Crippen LogP contribution in [-0.4, -0.2) is 0 Å². The van der Waals surface area contributed by atoms with Gasteiger partial charge in [-0.1, -0.05) is 30.3 Å². The first kappa shape index (κ1) is 7.86. The second-order valence-corrected chi connectivity index (χ2v) is 3.79. The molecule has 0 fully saturated rings. The van der Waals surface area contributed by atoms with Gasteiger partial charge in [-0.05, 0) is 35.6 Å². The monoisotopic (exact) mass is 184 g/mol. The first-order valence-electron chi connectivity index (χ1n) is 5.04. The van der Waals surface area contributed by atoms with Gasteiger partial charge in [0.15, 0.2) is 0 Å². The van der Waals surface area contributed by atoms with Crippen LogP contribution in [0.15, 0.2) is 48.3 Å². The average molecular weight is 184 g/mol. The summed E-state index contributed by atoms with van der Waals surface area (Å²) in [5, 5.41) is 0. The summed E-state index contributed by atoms with van der Waals surface area (Å²) in [4.78, 5) is 0. The van der Waals surface area contributed by atoms with Gasteiger partial charge in [0.1, 0.15) is 6.10 Å². The SMILES string of the molecule is C1=COC2C(=C1)CCc1ccccc12. The van der Waals surface area contributed by atoms with E-state index in [2.05, 4.69) is 30.3 Å². The van der Waals surface area contributed by atoms with Crippen LogP contribution < -0.4 is 0 Å². The molecule has 1 aliphatic carbocycles. The maximum absolute atomic E-state index is 5.66. The Morgan fingerprint density at radius 2 is 2.07 bits per heavy atom. The number of benzene rings is 1. The highest BCUT2D eigenvalue weighted by Crippen LogP contribution is 2.38. The molecule has 14 heavy (non-hydrogen) atoms. The molecule has 1 atom stereocenters. The topological polar surface area (TPSA) is 9.23 Å². The van der Waals surface area contributed by atoms with Crippen LogP contribution >= 0.6 is 0 Å². The molecule has 1 aliphatic heterocycles. The van der Waals surface area contributed by atoms with Gasteiger partial charge in [-0.15, -0.1) is 0 Å². The summed E-state index contributed by atoms with van der Waals surface area (Å²) in [6, 6.07) is 8.57. The van der Waals surface area contributed by atoms with Crippen molar-refractivity contribution in [3.8, 4) is 0 Å². The molecule has 1 unspecified atom stereocenters. The van der Waals surface area contributed by atoms with Crippen LogP contribution in [0, 0.1) is 0 Å². The molecule has 1 heteroatoms. The quantitative estimate of drug-likeness (QED) is 0.602. The summed E-state index contributed by atoms with van der Waals surface area (Å²) in [5.41, 5.74) is 4.19. The summed E-state index contributed by atoms with van der Waals surface area (Å²) in [6.45, 7) is 0. The molecule has 1 heterocycles. The van der Waals surface area contributed by atoms with Gasteiger partial charge in [0.05, 0.1) is 6.26 Å². The second kappa shape index (κ2) is 3.02. The number of allylic oxidation sites excluding steroid dienone is 2. The molecule has 1 nitrogen and oxygen atoms in total. The van der Waals surface area contributed by atoms with Crippen molar-refractivity contribution in [3.05, 3.63) is 59.4 Å². The number of rotatable bonds is 0. The van der Waals surface area contributed by atoms with Crippen LogP contribution in [0.25, 0.3) is 0 Å². The van der Waals surface area contributed by atoms with Gasteiger partial charge in [0.25, 0.3) is 0 Å². The number of hydrogen-bond donors (Lipinski definition) is 0. The lowest BCUT2D eigenvalue weighted by Gasteiger charge is -2.29. The van der Waals surface area contributed by atoms with E-state index >= 15 is 0 Å². The maximum atomic E-state index is 5.66. The lowest BCUT2D eigenvalue weighted by molar-refractivity contribution is 0.165. The van der Waals surface area contributed by atoms with E-state index in [0.717, 1.165) is 12.8 Å². The molecule has 0 N–H and O–H groups in total. The Balaban J connectivity index is 2.10. The average Bonchev–Trinajstić information content (AvgIpc) is 2.29. The number of fused-ring (bicyclic) bond motifs is 3. The van der Waals surface area contributed by atoms with Gasteiger partial charge in [0, 0.05) is 0 Å². The fourth-order valence-corrected chi connectivity index (χ4v) is 2.25. The van der Waals surface area contributed by atoms with Gasteiger partial charge in [-0.2, -0.15) is 0 Å². The summed E-state index contributed by atoms with van der Waals surface area (Å²) in [6.07, 6.45) is 8.42. The Morgan fingerprint density at radius 1 is 1.14 bits per heavy atom. The summed E-state index contributed by atoms with van der Waals surface area (Å²) in [7, 11) is 0. The van der Waals surface area contributed by atoms with Crippen molar-refractivity contribution in [3.63, 3.8) is 0 Å². The molecule has 0 saturated heterocycles. The summed E-state index contributed by atoms with van der Waals surface area (Å²) < 4.78 is 5.66. The zero-order valence-corrected chi connectivity index (χ0v) is 7.94. The number of aryl methyl sites for hydroxylation is 1. The molecular weight excluding hydrogens is 172 g/mol. The number of hydrogen-bond acceptors (Lipinski definition) is 1. The van der Waals surface area contributed by atoms with E-state index in [1.165, 1.54) is 16.7 Å². The first-order valence-corrected chi connectivity index (χ1v) is 5.04. The minimum absolute atomic E-state index is 0.185. The van der Waals surface area contributed by atoms with Crippen LogP contribution in [0.2, 0.25) is 0 Å². The first-order chi connectivity index (χ1) is 6.95. The van der Waals surface area contributed by atoms with Crippen LogP contribution in [0.1, 0.15) is 23.7 Å². The Morgan fingerprint density at radius 3 is 3.07 bits per heavy atom. The molecule has 0 spiro atoms. The van der Waals surface area contributed by atoms with Gasteiger partial charge in [0.2, 0.25) is 0 Å². The summed E-state index contributed by atoms with van der Waals surface area (Å²) in [5.74, 6) is 0. The van der Waals surface area contributed by atoms with Crippen LogP contribution in [-0.2, 0) is 11.2 Å². The Bertz CT molecular complexity index is 415. The zero-order valence-electron chi connectivity index (χ0n) is 7.94. The van der Waals surface area contributed by atoms with E-state index in [1.54, 1.807) is 6.26 Å². The molecule has 0 aromatic heterocycles. The molecule has 0 amide bonds. The largest absolute Gasteiger partial charge is 0.489 e. The second-order valence-electron chi connectivity index (χ2n) is 3.79. The standard InChI is InChI=1S/C13H12O/c1-2-6-12-10(4-1)7-8-11-5-3-9-14-13(11)12/h1-6,9,13H,7-8H2. The predicted octanol–water partition coefficient (Wildman–Crippen LogP) is 3.14. The third kappa shape index (κ3) is 1.09. The van der Waals surface area contributed by atoms with Crippen LogP contribution in [0.3, 0.4) is 0 Å². The highest BCUT2D eigenvalue weighted by Gasteiger charge is 2.25. The zero-order chi connectivity index (χ0) is 9.38. The molecule has 0 radical (unpaired) electrons. The fourth-order valence-electron chi connectivity index (χ4n) is 2.25. The van der Waals surface area contributed by atoms with E-state index in [0.29, 0.717) is 0 Å². The van der Waals surface area contributed by atoms with Crippen LogP contribution in [0.5, 0.6) is 0 Å². The van der Waals surface area contributed by atoms with E-state index in [1.807, 2.05) is 6.08 Å². The molecule has 2 aliphatic rings. The Hall–Kier alpha value is -1.50. The molecule has 0 bridgehead atoms. The van der Waals surface area contributed by atoms with Gasteiger partial charge in [-0.25, -0.2) is 0 Å². The van der Waals surface area contributed by atoms with Crippen molar-refractivity contribution in [1.29, 1.82) is 0 Å². The van der Waals surface area contributed by atoms with Crippen molar-refractivity contribution in [2.75, 3.05) is 0 Å². The fraction of sp³-hybridized carbons (Fsp3) is 0.231. The third-order valence-electron chi connectivity index (χ3n) is 2.96. The molecule has 3 rings (SSSR count). The molecule has 1 aromatic rings. The lowest BCUT2D eigenvalue weighted by Crippen LogP contribution is -2.15. The molecular formula is C13H12O. The number of ether oxygens (including phenoxy) is 1. The highest BCUT2D eigenvalue weighted by atomic mass is 16.5. The summed E-state index contributed by atoms with van der Waals surface area (Å²) >= 11 is 0. The third-order valence-corrected chi connectivity index (χ3v) is 2.96. The lowest BCUT2D eigenvalue weighted by atomic mass is 9.85. The van der Waals surface area contributed by atoms with E-state index in [9.17, 15) is 0 Å². The van der Waals surface area contributed by atoms with Gasteiger partial charge < -0.3 is 4.74 Å². The normalized spacial score (nSPS) is 23.1. The van der Waals surface area contributed by atoms with E-state index in [-0.39, 0.29) is 6.10 Å². The minimum Gasteiger partial charge on any atom is -0.489 e. The predicted molar refractivity (Wildman–Crippen MR) is 55.8 cm³/mol. The molecule has 70 valence electrons. The van der Waals surface area contributed by atoms with Crippen molar-refractivity contribution < 1.29 is 4.74 Å². The Labute approximate surface area is 83.7 Å². The van der Waals surface area contributed by atoms with Gasteiger partial charge in [-0.3, -0.25) is 0 Å². The molecule has 1 aromatic carbocycles. The van der Waals surface area contributed by atoms with Crippen molar-refractivity contribution >= 4 is 0 Å². The highest BCUT2D eigenvalue weighted by molar-refractivity contribution is 5.40. The van der Waals surface area contributed by atoms with Crippen LogP contribution in [0.4, 0.5) is 0 Å². The Kier molecular flexibility index (Phi) is 1.69. The van der Waals surface area contributed by atoms with Gasteiger partial charge >= 0.3 is 0 Å². The minimum atomic E-state index is 0.185. The van der Waals surface area contributed by atoms with E-state index < -0.39 is 0 Å². The van der Waals surface area contributed by atoms with Crippen molar-refractivity contribution in [2.24, 2.45) is 0 Å². The maximum Gasteiger partial charge on any atom is 0.145 e.